The summed E-state index contributed by atoms with van der Waals surface area (Å²) in [6.45, 7) is 4.57. The Labute approximate surface area is 216 Å². The van der Waals surface area contributed by atoms with Crippen LogP contribution in [0.1, 0.15) is 38.3 Å². The van der Waals surface area contributed by atoms with E-state index < -0.39 is 35.9 Å². The van der Waals surface area contributed by atoms with Gasteiger partial charge in [-0.3, -0.25) is 4.79 Å². The molecule has 38 heavy (non-hydrogen) atoms. The van der Waals surface area contributed by atoms with E-state index in [0.717, 1.165) is 18.3 Å². The molecule has 1 saturated carbocycles. The molecule has 5 atom stereocenters. The third kappa shape index (κ3) is 4.97. The van der Waals surface area contributed by atoms with Crippen molar-refractivity contribution >= 4 is 28.7 Å². The summed E-state index contributed by atoms with van der Waals surface area (Å²) in [5.74, 6) is -0.398. The summed E-state index contributed by atoms with van der Waals surface area (Å²) in [4.78, 5) is 31.5. The predicted molar refractivity (Wildman–Crippen MR) is 131 cm³/mol. The van der Waals surface area contributed by atoms with Crippen LogP contribution in [0, 0.1) is 5.92 Å². The molecule has 1 aliphatic carbocycles. The van der Waals surface area contributed by atoms with Crippen molar-refractivity contribution in [1.29, 1.82) is 0 Å². The maximum absolute atomic E-state index is 13.1. The number of fused-ring (bicyclic) bond motifs is 1. The van der Waals surface area contributed by atoms with Gasteiger partial charge >= 0.3 is 6.18 Å². The number of imidazole rings is 1. The maximum Gasteiger partial charge on any atom is 0.416 e. The number of pyridine rings is 1. The number of anilines is 2. The molecule has 1 amide bonds. The highest BCUT2D eigenvalue weighted by molar-refractivity contribution is 5.83. The number of carbonyl (C=O) groups is 1. The molecule has 204 valence electrons. The standard InChI is InChI=1S/C24H29F3N8O3/c1-12(2)32-23(38)15-8-16(20(37)19(15)36)35-11-31-18-21(29-10-30-22(18)35)33-14-4-6-34(9-14)17-7-13(3-5-28-17)24(25,26)27/h3,5,7,10-12,14-16,19-20,36-37H,4,6,8-9H2,1-2H3,(H,32,38)(H,29,30,33)/t14-,15-,16?,19+,20?/m0/s1. The first-order chi connectivity index (χ1) is 18.0. The Kier molecular flexibility index (Phi) is 6.86. The zero-order valence-electron chi connectivity index (χ0n) is 20.8. The van der Waals surface area contributed by atoms with Gasteiger partial charge in [0.2, 0.25) is 5.91 Å². The Hall–Kier alpha value is -3.52. The molecular weight excluding hydrogens is 505 g/mol. The monoisotopic (exact) mass is 534 g/mol. The van der Waals surface area contributed by atoms with Crippen LogP contribution in [0.5, 0.6) is 0 Å². The van der Waals surface area contributed by atoms with Gasteiger partial charge in [-0.1, -0.05) is 0 Å². The molecule has 14 heteroatoms. The highest BCUT2D eigenvalue weighted by Gasteiger charge is 2.46. The minimum atomic E-state index is -4.44. The van der Waals surface area contributed by atoms with Crippen LogP contribution >= 0.6 is 0 Å². The van der Waals surface area contributed by atoms with E-state index in [-0.39, 0.29) is 30.2 Å². The largest absolute Gasteiger partial charge is 0.416 e. The molecule has 0 radical (unpaired) electrons. The molecule has 2 unspecified atom stereocenters. The van der Waals surface area contributed by atoms with Crippen LogP contribution in [-0.2, 0) is 11.0 Å². The number of nitrogens with one attached hydrogen (secondary N) is 2. The van der Waals surface area contributed by atoms with Crippen LogP contribution in [0.15, 0.2) is 31.0 Å². The van der Waals surface area contributed by atoms with Crippen molar-refractivity contribution in [2.75, 3.05) is 23.3 Å². The molecule has 0 aromatic carbocycles. The molecular formula is C24H29F3N8O3. The first kappa shape index (κ1) is 26.1. The van der Waals surface area contributed by atoms with Gasteiger partial charge in [0.1, 0.15) is 23.8 Å². The number of hydrogen-bond donors (Lipinski definition) is 4. The van der Waals surface area contributed by atoms with Crippen molar-refractivity contribution in [2.45, 2.75) is 63.2 Å². The smallest absolute Gasteiger partial charge is 0.390 e. The van der Waals surface area contributed by atoms with E-state index >= 15 is 0 Å². The average molecular weight is 535 g/mol. The number of aliphatic hydroxyl groups excluding tert-OH is 2. The summed E-state index contributed by atoms with van der Waals surface area (Å²) in [6, 6.07) is 1.15. The van der Waals surface area contributed by atoms with E-state index in [1.807, 2.05) is 13.8 Å². The lowest BCUT2D eigenvalue weighted by Gasteiger charge is -2.19. The topological polar surface area (TPSA) is 141 Å². The normalized spacial score (nSPS) is 25.9. The van der Waals surface area contributed by atoms with Gasteiger partial charge in [-0.05, 0) is 38.8 Å². The van der Waals surface area contributed by atoms with Crippen molar-refractivity contribution < 1.29 is 28.2 Å². The fourth-order valence-electron chi connectivity index (χ4n) is 5.18. The average Bonchev–Trinajstić information content (AvgIpc) is 3.57. The van der Waals surface area contributed by atoms with Crippen LogP contribution < -0.4 is 15.5 Å². The Balaban J connectivity index is 1.32. The third-order valence-corrected chi connectivity index (χ3v) is 7.06. The Morgan fingerprint density at radius 3 is 2.68 bits per heavy atom. The highest BCUT2D eigenvalue weighted by atomic mass is 19.4. The fourth-order valence-corrected chi connectivity index (χ4v) is 5.18. The van der Waals surface area contributed by atoms with E-state index in [9.17, 15) is 28.2 Å². The zero-order valence-corrected chi connectivity index (χ0v) is 20.8. The van der Waals surface area contributed by atoms with Gasteiger partial charge < -0.3 is 30.3 Å². The van der Waals surface area contributed by atoms with Gasteiger partial charge in [0.05, 0.1) is 30.0 Å². The van der Waals surface area contributed by atoms with Gasteiger partial charge in [0, 0.05) is 31.4 Å². The quantitative estimate of drug-likeness (QED) is 0.372. The lowest BCUT2D eigenvalue weighted by atomic mass is 10.0. The number of aliphatic hydroxyl groups is 2. The first-order valence-electron chi connectivity index (χ1n) is 12.4. The van der Waals surface area contributed by atoms with Gasteiger partial charge in [-0.25, -0.2) is 19.9 Å². The molecule has 0 bridgehead atoms. The number of alkyl halides is 3. The second-order valence-electron chi connectivity index (χ2n) is 10.1. The fraction of sp³-hybridized carbons (Fsp3) is 0.542. The van der Waals surface area contributed by atoms with Gasteiger partial charge in [-0.15, -0.1) is 0 Å². The molecule has 1 saturated heterocycles. The molecule has 5 rings (SSSR count). The Bertz CT molecular complexity index is 1320. The third-order valence-electron chi connectivity index (χ3n) is 7.06. The molecule has 1 aliphatic heterocycles. The van der Waals surface area contributed by atoms with Crippen molar-refractivity contribution in [3.05, 3.63) is 36.5 Å². The van der Waals surface area contributed by atoms with Crippen LogP contribution in [0.3, 0.4) is 0 Å². The van der Waals surface area contributed by atoms with Crippen LogP contribution in [0.25, 0.3) is 11.2 Å². The van der Waals surface area contributed by atoms with E-state index in [0.29, 0.717) is 36.5 Å². The first-order valence-corrected chi connectivity index (χ1v) is 12.4. The molecule has 3 aromatic rings. The summed E-state index contributed by atoms with van der Waals surface area (Å²) < 4.78 is 41.0. The number of carbonyl (C=O) groups excluding carboxylic acids is 1. The predicted octanol–water partition coefficient (Wildman–Crippen LogP) is 1.74. The highest BCUT2D eigenvalue weighted by Crippen LogP contribution is 2.38. The van der Waals surface area contributed by atoms with Gasteiger partial charge in [0.25, 0.3) is 0 Å². The summed E-state index contributed by atoms with van der Waals surface area (Å²) in [6.07, 6.45) is -2.00. The van der Waals surface area contributed by atoms with Crippen LogP contribution in [0.4, 0.5) is 24.8 Å². The van der Waals surface area contributed by atoms with E-state index in [1.165, 1.54) is 12.7 Å². The number of amides is 1. The lowest BCUT2D eigenvalue weighted by molar-refractivity contribution is -0.137. The van der Waals surface area contributed by atoms with Crippen LogP contribution in [0.2, 0.25) is 0 Å². The summed E-state index contributed by atoms with van der Waals surface area (Å²) in [7, 11) is 0. The number of hydrogen-bond acceptors (Lipinski definition) is 9. The van der Waals surface area contributed by atoms with Crippen molar-refractivity contribution in [3.8, 4) is 0 Å². The molecule has 2 fully saturated rings. The second-order valence-corrected chi connectivity index (χ2v) is 10.1. The summed E-state index contributed by atoms with van der Waals surface area (Å²) in [5.41, 5.74) is 0.128. The second kappa shape index (κ2) is 9.98. The number of aromatic nitrogens is 5. The molecule has 2 aliphatic rings. The van der Waals surface area contributed by atoms with E-state index in [2.05, 4.69) is 30.6 Å². The lowest BCUT2D eigenvalue weighted by Crippen LogP contribution is -2.40. The van der Waals surface area contributed by atoms with Gasteiger partial charge in [0.15, 0.2) is 11.5 Å². The van der Waals surface area contributed by atoms with Crippen molar-refractivity contribution in [1.82, 2.24) is 29.8 Å². The molecule has 0 spiro atoms. The minimum Gasteiger partial charge on any atom is -0.390 e. The molecule has 4 heterocycles. The summed E-state index contributed by atoms with van der Waals surface area (Å²) in [5, 5.41) is 27.4. The molecule has 11 nitrogen and oxygen atoms in total. The zero-order chi connectivity index (χ0) is 27.2. The van der Waals surface area contributed by atoms with Gasteiger partial charge in [-0.2, -0.15) is 13.2 Å². The number of rotatable bonds is 6. The summed E-state index contributed by atoms with van der Waals surface area (Å²) >= 11 is 0. The van der Waals surface area contributed by atoms with Crippen molar-refractivity contribution in [2.24, 2.45) is 5.92 Å². The Morgan fingerprint density at radius 1 is 1.16 bits per heavy atom. The van der Waals surface area contributed by atoms with Crippen molar-refractivity contribution in [3.63, 3.8) is 0 Å². The minimum absolute atomic E-state index is 0.0998. The molecule has 3 aromatic heterocycles. The maximum atomic E-state index is 13.1. The Morgan fingerprint density at radius 2 is 1.95 bits per heavy atom. The van der Waals surface area contributed by atoms with Crippen LogP contribution in [-0.4, -0.2) is 78.0 Å². The number of halogens is 3. The molecule has 4 N–H and O–H groups in total. The number of nitrogens with zero attached hydrogens (tertiary/aromatic N) is 6. The SMILES string of the molecule is CC(C)NC(=O)[C@H]1CC(n2cnc3c(N[C@H]4CCN(c5cc(C(F)(F)F)ccn5)C4)ncnc32)C(O)[C@@H]1O. The van der Waals surface area contributed by atoms with E-state index in [4.69, 9.17) is 0 Å². The van der Waals surface area contributed by atoms with E-state index in [1.54, 1.807) is 9.47 Å².